The predicted molar refractivity (Wildman–Crippen MR) is 90.7 cm³/mol. The van der Waals surface area contributed by atoms with Gasteiger partial charge in [-0.25, -0.2) is 14.4 Å². The molecule has 0 radical (unpaired) electrons. The Balaban J connectivity index is 2.04. The molecule has 0 saturated carbocycles. The van der Waals surface area contributed by atoms with Crippen molar-refractivity contribution in [3.05, 3.63) is 56.8 Å². The zero-order valence-electron chi connectivity index (χ0n) is 14.4. The molecule has 13 heteroatoms. The van der Waals surface area contributed by atoms with Gasteiger partial charge in [-0.2, -0.15) is 26.6 Å². The van der Waals surface area contributed by atoms with Gasteiger partial charge in [0.25, 0.3) is 5.56 Å². The summed E-state index contributed by atoms with van der Waals surface area (Å²) in [6.07, 6.45) is -5.31. The van der Waals surface area contributed by atoms with E-state index >= 15 is 0 Å². The Kier molecular flexibility index (Phi) is 5.11. The van der Waals surface area contributed by atoms with Crippen LogP contribution in [-0.2, 0) is 23.3 Å². The molecule has 1 N–H and O–H groups in total. The molecule has 0 aliphatic carbocycles. The van der Waals surface area contributed by atoms with Crippen LogP contribution in [-0.4, -0.2) is 20.6 Å². The number of carbonyl (C=O) groups excluding carboxylic acids is 1. The number of amides is 1. The summed E-state index contributed by atoms with van der Waals surface area (Å²) in [7, 11) is 0. The van der Waals surface area contributed by atoms with Crippen molar-refractivity contribution in [3.8, 4) is 0 Å². The number of nitrogens with one attached hydrogen (secondary N) is 1. The van der Waals surface area contributed by atoms with Crippen molar-refractivity contribution in [1.29, 1.82) is 0 Å². The molecule has 0 spiro atoms. The van der Waals surface area contributed by atoms with Gasteiger partial charge >= 0.3 is 12.1 Å². The number of rotatable bonds is 4. The van der Waals surface area contributed by atoms with Crippen LogP contribution in [0.15, 0.2) is 29.1 Å². The van der Waals surface area contributed by atoms with Crippen molar-refractivity contribution in [1.82, 2.24) is 14.6 Å². The van der Waals surface area contributed by atoms with Gasteiger partial charge in [0.05, 0.1) is 6.42 Å². The Hall–Kier alpha value is -2.96. The fourth-order valence-electron chi connectivity index (χ4n) is 2.35. The van der Waals surface area contributed by atoms with Crippen molar-refractivity contribution in [2.45, 2.75) is 25.4 Å². The van der Waals surface area contributed by atoms with Crippen LogP contribution < -0.4 is 11.0 Å². The van der Waals surface area contributed by atoms with E-state index in [9.17, 15) is 35.9 Å². The highest BCUT2D eigenvalue weighted by Gasteiger charge is 2.38. The second kappa shape index (κ2) is 7.13. The predicted octanol–water partition coefficient (Wildman–Crippen LogP) is 3.44. The maximum atomic E-state index is 13.9. The van der Waals surface area contributed by atoms with Crippen LogP contribution in [0.25, 0.3) is 10.3 Å². The molecule has 2 aromatic heterocycles. The average Bonchev–Trinajstić information content (AvgIpc) is 3.03. The summed E-state index contributed by atoms with van der Waals surface area (Å²) in [5.41, 5.74) is 0.0185. The summed E-state index contributed by atoms with van der Waals surface area (Å²) < 4.78 is 79.4. The molecule has 0 fully saturated rings. The maximum absolute atomic E-state index is 13.9. The van der Waals surface area contributed by atoms with E-state index in [0.717, 1.165) is 12.1 Å². The largest absolute Gasteiger partial charge is 0.443 e. The number of fused-ring (bicyclic) bond motifs is 1. The fourth-order valence-corrected chi connectivity index (χ4v) is 3.14. The number of carbonyl (C=O) groups is 1. The van der Waals surface area contributed by atoms with Crippen molar-refractivity contribution in [3.63, 3.8) is 0 Å². The summed E-state index contributed by atoms with van der Waals surface area (Å²) in [5.74, 6) is -6.52. The van der Waals surface area contributed by atoms with E-state index in [1.54, 1.807) is 0 Å². The lowest BCUT2D eigenvalue weighted by Gasteiger charge is -2.17. The first-order valence-corrected chi connectivity index (χ1v) is 8.61. The van der Waals surface area contributed by atoms with Crippen molar-refractivity contribution < 1.29 is 31.1 Å². The molecule has 2 heterocycles. The van der Waals surface area contributed by atoms with Gasteiger partial charge in [-0.15, -0.1) is 0 Å². The first-order valence-electron chi connectivity index (χ1n) is 7.79. The third-order valence-corrected chi connectivity index (χ3v) is 4.58. The van der Waals surface area contributed by atoms with E-state index in [4.69, 9.17) is 0 Å². The topological polar surface area (TPSA) is 76.9 Å². The van der Waals surface area contributed by atoms with E-state index in [1.165, 1.54) is 12.1 Å². The number of halogens is 6. The number of alkyl halides is 5. The second-order valence-corrected chi connectivity index (χ2v) is 6.95. The second-order valence-electron chi connectivity index (χ2n) is 5.97. The van der Waals surface area contributed by atoms with Crippen LogP contribution in [0.4, 0.5) is 26.3 Å². The molecule has 0 aliphatic heterocycles. The number of hydrogen-bond donors (Lipinski definition) is 1. The van der Waals surface area contributed by atoms with Gasteiger partial charge in [-0.05, 0) is 17.7 Å². The number of thiazole rings is 1. The molecule has 1 amide bonds. The van der Waals surface area contributed by atoms with Crippen LogP contribution in [0.5, 0.6) is 0 Å². The molecule has 0 aliphatic rings. The van der Waals surface area contributed by atoms with Gasteiger partial charge in [0.2, 0.25) is 16.7 Å². The highest BCUT2D eigenvalue weighted by Crippen LogP contribution is 2.35. The monoisotopic (exact) mass is 436 g/mol. The summed E-state index contributed by atoms with van der Waals surface area (Å²) in [6, 6.07) is 4.68. The summed E-state index contributed by atoms with van der Waals surface area (Å²) in [6.45, 7) is 0.370. The molecule has 0 bridgehead atoms. The van der Waals surface area contributed by atoms with Gasteiger partial charge < -0.3 is 0 Å². The number of benzene rings is 1. The summed E-state index contributed by atoms with van der Waals surface area (Å²) in [4.78, 5) is 30.5. The molecule has 0 unspecified atom stereocenters. The quantitative estimate of drug-likeness (QED) is 0.636. The van der Waals surface area contributed by atoms with Crippen LogP contribution in [0.3, 0.4) is 0 Å². The minimum atomic E-state index is -4.90. The van der Waals surface area contributed by atoms with Gasteiger partial charge in [0, 0.05) is 6.92 Å². The lowest BCUT2D eigenvalue weighted by Crippen LogP contribution is -2.39. The third kappa shape index (κ3) is 4.39. The minimum Gasteiger partial charge on any atom is -0.273 e. The first kappa shape index (κ1) is 20.8. The molecule has 154 valence electrons. The molecule has 6 nitrogen and oxygen atoms in total. The Morgan fingerprint density at radius 2 is 1.76 bits per heavy atom. The Bertz CT molecular complexity index is 1130. The lowest BCUT2D eigenvalue weighted by molar-refractivity contribution is -0.137. The zero-order valence-corrected chi connectivity index (χ0v) is 15.2. The Morgan fingerprint density at radius 3 is 2.31 bits per heavy atom. The Labute approximate surface area is 161 Å². The van der Waals surface area contributed by atoms with E-state index in [1.807, 2.05) is 5.43 Å². The third-order valence-electron chi connectivity index (χ3n) is 3.58. The highest BCUT2D eigenvalue weighted by atomic mass is 32.1. The highest BCUT2D eigenvalue weighted by molar-refractivity contribution is 7.18. The molecule has 3 rings (SSSR count). The maximum Gasteiger partial charge on any atom is 0.443 e. The molecular weight excluding hydrogens is 426 g/mol. The minimum absolute atomic E-state index is 0.0619. The Morgan fingerprint density at radius 1 is 1.14 bits per heavy atom. The molecular formula is C16H10F6N4O2S. The van der Waals surface area contributed by atoms with Gasteiger partial charge in [0.15, 0.2) is 10.3 Å². The van der Waals surface area contributed by atoms with E-state index in [2.05, 4.69) is 9.97 Å². The van der Waals surface area contributed by atoms with Crippen molar-refractivity contribution in [2.75, 3.05) is 5.43 Å². The number of nitrogens with zero attached hydrogens (tertiary/aromatic N) is 3. The molecule has 29 heavy (non-hydrogen) atoms. The standard InChI is InChI=1S/C16H10F6N4O2S/c1-15(18,19)13-24-11-10(23-14(29-11)16(20,21)22)12(28)26(13)25-9(27)6-7-2-4-8(17)5-3-7/h2-5H,6H2,1H3,(H,25,27). The fraction of sp³-hybridized carbons (Fsp3) is 0.250. The SMILES string of the molecule is CC(F)(F)c1nc2sc(C(F)(F)F)nc2c(=O)n1NC(=O)Cc1ccc(F)cc1. The van der Waals surface area contributed by atoms with Crippen LogP contribution in [0.2, 0.25) is 0 Å². The average molecular weight is 436 g/mol. The number of hydrogen-bond acceptors (Lipinski definition) is 5. The summed E-state index contributed by atoms with van der Waals surface area (Å²) in [5, 5.41) is -1.43. The smallest absolute Gasteiger partial charge is 0.273 e. The number of aromatic nitrogens is 3. The lowest BCUT2D eigenvalue weighted by atomic mass is 10.1. The molecule has 0 atom stereocenters. The van der Waals surface area contributed by atoms with E-state index < -0.39 is 57.0 Å². The van der Waals surface area contributed by atoms with Gasteiger partial charge in [0.1, 0.15) is 5.82 Å². The van der Waals surface area contributed by atoms with Crippen LogP contribution >= 0.6 is 11.3 Å². The molecule has 3 aromatic rings. The normalized spacial score (nSPS) is 12.4. The summed E-state index contributed by atoms with van der Waals surface area (Å²) >= 11 is -0.0619. The van der Waals surface area contributed by atoms with E-state index in [0.29, 0.717) is 12.5 Å². The van der Waals surface area contributed by atoms with Gasteiger partial charge in [-0.1, -0.05) is 23.5 Å². The van der Waals surface area contributed by atoms with Crippen molar-refractivity contribution in [2.24, 2.45) is 0 Å². The van der Waals surface area contributed by atoms with E-state index in [-0.39, 0.29) is 16.0 Å². The zero-order chi connectivity index (χ0) is 21.6. The van der Waals surface area contributed by atoms with Crippen molar-refractivity contribution >= 4 is 27.6 Å². The van der Waals surface area contributed by atoms with Crippen LogP contribution in [0, 0.1) is 5.82 Å². The molecule has 0 saturated heterocycles. The van der Waals surface area contributed by atoms with Gasteiger partial charge in [-0.3, -0.25) is 15.0 Å². The molecule has 1 aromatic carbocycles. The first-order chi connectivity index (χ1) is 13.4. The van der Waals surface area contributed by atoms with Crippen LogP contribution in [0.1, 0.15) is 23.3 Å².